The van der Waals surface area contributed by atoms with Crippen molar-refractivity contribution < 1.29 is 18.9 Å². The average molecular weight is 429 g/mol. The molecule has 0 atom stereocenters. The van der Waals surface area contributed by atoms with Crippen molar-refractivity contribution in [2.24, 2.45) is 0 Å². The van der Waals surface area contributed by atoms with Crippen LogP contribution in [0.25, 0.3) is 11.6 Å². The lowest BCUT2D eigenvalue weighted by Crippen LogP contribution is -2.33. The molecule has 2 N–H and O–H groups in total. The van der Waals surface area contributed by atoms with E-state index in [1.54, 1.807) is 0 Å². The number of fused-ring (bicyclic) bond motifs is 1. The molecule has 2 aromatic rings. The number of hydrogen-bond donors (Lipinski definition) is 2. The normalized spacial score (nSPS) is 18.2. The van der Waals surface area contributed by atoms with E-state index in [4.69, 9.17) is 9.79 Å². The molecule has 2 aromatic carbocycles. The fourth-order valence-electron chi connectivity index (χ4n) is 4.25. The average Bonchev–Trinajstić information content (AvgIpc) is 2.68. The van der Waals surface area contributed by atoms with E-state index in [1.165, 1.54) is 35.1 Å². The summed E-state index contributed by atoms with van der Waals surface area (Å²) in [5.74, 6) is 0. The molecule has 0 radical (unpaired) electrons. The van der Waals surface area contributed by atoms with Crippen molar-refractivity contribution >= 4 is 19.5 Å². The summed E-state index contributed by atoms with van der Waals surface area (Å²) >= 11 is 0. The first-order chi connectivity index (χ1) is 13.9. The van der Waals surface area contributed by atoms with Crippen LogP contribution in [0.5, 0.6) is 0 Å². The summed E-state index contributed by atoms with van der Waals surface area (Å²) in [5, 5.41) is 0. The highest BCUT2D eigenvalue weighted by Gasteiger charge is 2.36. The van der Waals surface area contributed by atoms with Gasteiger partial charge in [0, 0.05) is 0 Å². The van der Waals surface area contributed by atoms with E-state index in [9.17, 15) is 4.57 Å². The molecule has 4 nitrogen and oxygen atoms in total. The molecule has 1 aliphatic rings. The molecule has 162 valence electrons. The molecule has 0 aliphatic heterocycles. The second-order valence-electron chi connectivity index (χ2n) is 9.56. The van der Waals surface area contributed by atoms with Crippen LogP contribution in [0.15, 0.2) is 42.5 Å². The van der Waals surface area contributed by atoms with Crippen LogP contribution in [0, 0.1) is 0 Å². The minimum atomic E-state index is -4.45. The molecule has 0 aromatic heterocycles. The quantitative estimate of drug-likeness (QED) is 0.402. The Labute approximate surface area is 180 Å². The van der Waals surface area contributed by atoms with Crippen LogP contribution in [0.3, 0.4) is 0 Å². The van der Waals surface area contributed by atoms with Gasteiger partial charge in [0.15, 0.2) is 0 Å². The molecule has 30 heavy (non-hydrogen) atoms. The Morgan fingerprint density at radius 3 is 2.17 bits per heavy atom. The molecule has 0 spiro atoms. The van der Waals surface area contributed by atoms with Crippen molar-refractivity contribution in [2.45, 2.75) is 71.3 Å². The minimum absolute atomic E-state index is 0.107. The highest BCUT2D eigenvalue weighted by Crippen LogP contribution is 2.46. The molecule has 0 bridgehead atoms. The van der Waals surface area contributed by atoms with Gasteiger partial charge < -0.3 is 9.79 Å². The fourth-order valence-corrected chi connectivity index (χ4v) is 4.57. The van der Waals surface area contributed by atoms with Crippen LogP contribution >= 0.6 is 7.82 Å². The van der Waals surface area contributed by atoms with Gasteiger partial charge in [0.05, 0.1) is 6.61 Å². The summed E-state index contributed by atoms with van der Waals surface area (Å²) in [5.41, 5.74) is 7.64. The van der Waals surface area contributed by atoms with Crippen LogP contribution < -0.4 is 0 Å². The highest BCUT2D eigenvalue weighted by molar-refractivity contribution is 7.46. The summed E-state index contributed by atoms with van der Waals surface area (Å²) in [6.45, 7) is 11.4. The molecular weight excluding hydrogens is 395 g/mol. The second-order valence-corrected chi connectivity index (χ2v) is 10.8. The first kappa shape index (κ1) is 23.0. The monoisotopic (exact) mass is 428 g/mol. The van der Waals surface area contributed by atoms with Crippen LogP contribution in [-0.4, -0.2) is 9.79 Å². The highest BCUT2D eigenvalue weighted by atomic mass is 31.2. The van der Waals surface area contributed by atoms with Crippen molar-refractivity contribution in [3.63, 3.8) is 0 Å². The number of rotatable bonds is 6. The second kappa shape index (κ2) is 8.43. The number of benzene rings is 2. The predicted molar refractivity (Wildman–Crippen MR) is 123 cm³/mol. The molecule has 3 rings (SSSR count). The molecular formula is C25H33O4P. The number of phosphoric acid groups is 1. The van der Waals surface area contributed by atoms with E-state index >= 15 is 0 Å². The third kappa shape index (κ3) is 5.31. The largest absolute Gasteiger partial charge is 0.469 e. The summed E-state index contributed by atoms with van der Waals surface area (Å²) in [6, 6.07) is 14.5. The molecule has 0 amide bonds. The van der Waals surface area contributed by atoms with Crippen molar-refractivity contribution in [1.29, 1.82) is 0 Å². The third-order valence-electron chi connectivity index (χ3n) is 6.32. The zero-order valence-corrected chi connectivity index (χ0v) is 19.5. The van der Waals surface area contributed by atoms with Crippen LogP contribution in [0.1, 0.15) is 81.7 Å². The molecule has 0 heterocycles. The predicted octanol–water partition coefficient (Wildman–Crippen LogP) is 6.60. The Kier molecular flexibility index (Phi) is 6.46. The number of allylic oxidation sites excluding steroid dienone is 1. The van der Waals surface area contributed by atoms with E-state index < -0.39 is 7.82 Å². The maximum absolute atomic E-state index is 10.9. The van der Waals surface area contributed by atoms with Gasteiger partial charge >= 0.3 is 7.82 Å². The molecule has 5 heteroatoms. The standard InChI is InChI=1S/C25H33O4P/c1-6-20(15-18-7-9-19(10-8-18)17-29-30(26,27)28)21-11-12-22-23(16-21)25(4,5)14-13-24(22,2)3/h7-12,15-16H,6,13-14,17H2,1-5H3,(H2,26,27,28). The van der Waals surface area contributed by atoms with E-state index in [0.29, 0.717) is 0 Å². The summed E-state index contributed by atoms with van der Waals surface area (Å²) in [4.78, 5) is 17.7. The zero-order valence-electron chi connectivity index (χ0n) is 18.6. The van der Waals surface area contributed by atoms with Gasteiger partial charge in [-0.3, -0.25) is 4.52 Å². The zero-order chi connectivity index (χ0) is 22.2. The first-order valence-corrected chi connectivity index (χ1v) is 12.1. The smallest absolute Gasteiger partial charge is 0.303 e. The lowest BCUT2D eigenvalue weighted by Gasteiger charge is -2.42. The Hall–Kier alpha value is -1.71. The van der Waals surface area contributed by atoms with Gasteiger partial charge in [-0.2, -0.15) is 0 Å². The van der Waals surface area contributed by atoms with E-state index in [2.05, 4.69) is 63.4 Å². The van der Waals surface area contributed by atoms with Crippen LogP contribution in [0.4, 0.5) is 0 Å². The molecule has 0 saturated heterocycles. The van der Waals surface area contributed by atoms with Gasteiger partial charge in [-0.05, 0) is 63.5 Å². The minimum Gasteiger partial charge on any atom is -0.303 e. The van der Waals surface area contributed by atoms with Gasteiger partial charge in [0.2, 0.25) is 0 Å². The first-order valence-electron chi connectivity index (χ1n) is 10.6. The van der Waals surface area contributed by atoms with Crippen molar-refractivity contribution in [3.8, 4) is 0 Å². The Balaban J connectivity index is 1.89. The van der Waals surface area contributed by atoms with Gasteiger partial charge in [-0.15, -0.1) is 0 Å². The summed E-state index contributed by atoms with van der Waals surface area (Å²) < 4.78 is 15.4. The van der Waals surface area contributed by atoms with E-state index in [-0.39, 0.29) is 17.4 Å². The fraction of sp³-hybridized carbons (Fsp3) is 0.440. The third-order valence-corrected chi connectivity index (χ3v) is 6.79. The summed E-state index contributed by atoms with van der Waals surface area (Å²) in [7, 11) is -4.45. The number of phosphoric ester groups is 1. The van der Waals surface area contributed by atoms with E-state index in [1.807, 2.05) is 24.3 Å². The molecule has 0 fully saturated rings. The maximum Gasteiger partial charge on any atom is 0.469 e. The van der Waals surface area contributed by atoms with Crippen LogP contribution in [0.2, 0.25) is 0 Å². The topological polar surface area (TPSA) is 66.8 Å². The lowest BCUT2D eigenvalue weighted by atomic mass is 9.63. The molecule has 0 saturated carbocycles. The summed E-state index contributed by atoms with van der Waals surface area (Å²) in [6.07, 6.45) is 5.52. The van der Waals surface area contributed by atoms with Gasteiger partial charge in [0.1, 0.15) is 0 Å². The molecule has 0 unspecified atom stereocenters. The van der Waals surface area contributed by atoms with Crippen molar-refractivity contribution in [2.75, 3.05) is 0 Å². The SMILES string of the molecule is CCC(=Cc1ccc(COP(=O)(O)O)cc1)c1ccc2c(c1)C(C)(C)CCC2(C)C. The Morgan fingerprint density at radius 2 is 1.60 bits per heavy atom. The van der Waals surface area contributed by atoms with Gasteiger partial charge in [0.25, 0.3) is 0 Å². The van der Waals surface area contributed by atoms with Crippen LogP contribution in [-0.2, 0) is 26.5 Å². The van der Waals surface area contributed by atoms with Gasteiger partial charge in [-0.1, -0.05) is 83.2 Å². The van der Waals surface area contributed by atoms with Crippen molar-refractivity contribution in [3.05, 3.63) is 70.3 Å². The lowest BCUT2D eigenvalue weighted by molar-refractivity contribution is 0.189. The maximum atomic E-state index is 10.9. The Bertz CT molecular complexity index is 981. The van der Waals surface area contributed by atoms with Gasteiger partial charge in [-0.25, -0.2) is 4.57 Å². The Morgan fingerprint density at radius 1 is 1.00 bits per heavy atom. The van der Waals surface area contributed by atoms with Crippen molar-refractivity contribution in [1.82, 2.24) is 0 Å². The van der Waals surface area contributed by atoms with E-state index in [0.717, 1.165) is 17.5 Å². The molecule has 1 aliphatic carbocycles. The number of hydrogen-bond acceptors (Lipinski definition) is 2.